The van der Waals surface area contributed by atoms with Crippen LogP contribution in [0.5, 0.6) is 0 Å². The molecule has 202 valence electrons. The molecule has 37 heavy (non-hydrogen) atoms. The Hall–Kier alpha value is -2.78. The van der Waals surface area contributed by atoms with E-state index in [1.54, 1.807) is 11.3 Å². The number of aliphatic hydroxyl groups is 1. The maximum atomic E-state index is 13.7. The molecule has 1 aliphatic heterocycles. The van der Waals surface area contributed by atoms with E-state index in [1.807, 2.05) is 57.5 Å². The summed E-state index contributed by atoms with van der Waals surface area (Å²) < 4.78 is 0. The first-order valence-corrected chi connectivity index (χ1v) is 13.7. The van der Waals surface area contributed by atoms with Gasteiger partial charge in [0.05, 0.1) is 28.2 Å². The Balaban J connectivity index is 1.75. The van der Waals surface area contributed by atoms with Gasteiger partial charge >= 0.3 is 0 Å². The standard InChI is InChI=1S/C28H40N4O4S/c1-16(2)13-28(6,7)25(31-19(5)33)27(36)32-14-22(34)12-23(32)26(35)30-17(3)20-8-10-21(11-9-20)24-18(4)29-15-37-24/h8-11,15-17,22-23,25,34H,12-14H2,1-7H3,(H,30,35)(H,31,33)/t17-,22+,23?,25?/m0/s1. The maximum absolute atomic E-state index is 13.7. The lowest BCUT2D eigenvalue weighted by Gasteiger charge is -2.38. The van der Waals surface area contributed by atoms with E-state index in [0.29, 0.717) is 12.3 Å². The number of carbonyl (C=O) groups is 3. The van der Waals surface area contributed by atoms with Gasteiger partial charge in [0.15, 0.2) is 0 Å². The molecule has 1 fully saturated rings. The van der Waals surface area contributed by atoms with Gasteiger partial charge in [-0.2, -0.15) is 0 Å². The first-order chi connectivity index (χ1) is 17.3. The molecule has 1 aliphatic rings. The molecule has 2 heterocycles. The number of hydrogen-bond donors (Lipinski definition) is 3. The van der Waals surface area contributed by atoms with Crippen LogP contribution in [-0.4, -0.2) is 57.4 Å². The SMILES string of the molecule is CC(=O)NC(C(=O)N1C[C@H](O)CC1C(=O)N[C@@H](C)c1ccc(-c2scnc2C)cc1)C(C)(C)CC(C)C. The highest BCUT2D eigenvalue weighted by Gasteiger charge is 2.45. The van der Waals surface area contributed by atoms with Gasteiger partial charge in [-0.25, -0.2) is 4.98 Å². The van der Waals surface area contributed by atoms with Crippen LogP contribution in [0.2, 0.25) is 0 Å². The van der Waals surface area contributed by atoms with Crippen LogP contribution in [0.4, 0.5) is 0 Å². The fourth-order valence-electron chi connectivity index (χ4n) is 5.33. The number of aromatic nitrogens is 1. The first kappa shape index (κ1) is 28.8. The number of rotatable bonds is 9. The van der Waals surface area contributed by atoms with Gasteiger partial charge in [-0.1, -0.05) is 52.0 Å². The predicted molar refractivity (Wildman–Crippen MR) is 146 cm³/mol. The lowest BCUT2D eigenvalue weighted by atomic mass is 9.76. The van der Waals surface area contributed by atoms with Crippen LogP contribution >= 0.6 is 11.3 Å². The molecule has 0 aliphatic carbocycles. The van der Waals surface area contributed by atoms with Crippen LogP contribution in [0, 0.1) is 18.3 Å². The molecular formula is C28H40N4O4S. The summed E-state index contributed by atoms with van der Waals surface area (Å²) in [5.41, 5.74) is 4.29. The van der Waals surface area contributed by atoms with Gasteiger partial charge in [-0.3, -0.25) is 14.4 Å². The van der Waals surface area contributed by atoms with Crippen molar-refractivity contribution in [2.45, 2.75) is 85.5 Å². The number of hydrogen-bond acceptors (Lipinski definition) is 6. The quantitative estimate of drug-likeness (QED) is 0.458. The summed E-state index contributed by atoms with van der Waals surface area (Å²) in [6, 6.07) is 6.09. The molecular weight excluding hydrogens is 488 g/mol. The Kier molecular flexibility index (Phi) is 9.13. The molecule has 3 rings (SSSR count). The van der Waals surface area contributed by atoms with Gasteiger partial charge in [-0.15, -0.1) is 11.3 Å². The fourth-order valence-corrected chi connectivity index (χ4v) is 6.14. The molecule has 2 unspecified atom stereocenters. The molecule has 4 atom stereocenters. The van der Waals surface area contributed by atoms with E-state index < -0.39 is 23.6 Å². The van der Waals surface area contributed by atoms with E-state index >= 15 is 0 Å². The molecule has 3 N–H and O–H groups in total. The monoisotopic (exact) mass is 528 g/mol. The third-order valence-corrected chi connectivity index (χ3v) is 7.93. The second-order valence-electron chi connectivity index (χ2n) is 11.2. The number of likely N-dealkylation sites (tertiary alicyclic amines) is 1. The largest absolute Gasteiger partial charge is 0.391 e. The second-order valence-corrected chi connectivity index (χ2v) is 12.1. The van der Waals surface area contributed by atoms with Crippen LogP contribution in [0.1, 0.15) is 71.7 Å². The highest BCUT2D eigenvalue weighted by molar-refractivity contribution is 7.13. The lowest BCUT2D eigenvalue weighted by molar-refractivity contribution is -0.144. The third-order valence-electron chi connectivity index (χ3n) is 6.95. The molecule has 9 heteroatoms. The first-order valence-electron chi connectivity index (χ1n) is 12.9. The minimum atomic E-state index is -0.810. The van der Waals surface area contributed by atoms with E-state index in [2.05, 4.69) is 29.5 Å². The summed E-state index contributed by atoms with van der Waals surface area (Å²) in [4.78, 5) is 45.9. The van der Waals surface area contributed by atoms with Crippen LogP contribution < -0.4 is 10.6 Å². The summed E-state index contributed by atoms with van der Waals surface area (Å²) in [5.74, 6) is -0.645. The van der Waals surface area contributed by atoms with Crippen LogP contribution in [0.15, 0.2) is 29.8 Å². The van der Waals surface area contributed by atoms with E-state index in [-0.39, 0.29) is 36.7 Å². The van der Waals surface area contributed by atoms with Crippen LogP contribution in [0.25, 0.3) is 10.4 Å². The fraction of sp³-hybridized carbons (Fsp3) is 0.571. The molecule has 3 amide bonds. The number of nitrogens with zero attached hydrogens (tertiary/aromatic N) is 2. The van der Waals surface area contributed by atoms with Gasteiger partial charge in [0.2, 0.25) is 17.7 Å². The molecule has 0 radical (unpaired) electrons. The Bertz CT molecular complexity index is 1110. The molecule has 8 nitrogen and oxygen atoms in total. The predicted octanol–water partition coefficient (Wildman–Crippen LogP) is 3.83. The normalized spacial score (nSPS) is 19.5. The molecule has 0 spiro atoms. The molecule has 2 aromatic rings. The molecule has 0 bridgehead atoms. The minimum Gasteiger partial charge on any atom is -0.391 e. The summed E-state index contributed by atoms with van der Waals surface area (Å²) in [7, 11) is 0. The van der Waals surface area contributed by atoms with Crippen molar-refractivity contribution >= 4 is 29.1 Å². The smallest absolute Gasteiger partial charge is 0.246 e. The highest BCUT2D eigenvalue weighted by Crippen LogP contribution is 2.33. The van der Waals surface area contributed by atoms with Crippen molar-refractivity contribution in [2.75, 3.05) is 6.54 Å². The number of nitrogens with one attached hydrogen (secondary N) is 2. The maximum Gasteiger partial charge on any atom is 0.246 e. The Morgan fingerprint density at radius 1 is 1.16 bits per heavy atom. The Morgan fingerprint density at radius 2 is 1.81 bits per heavy atom. The van der Waals surface area contributed by atoms with Gasteiger partial charge in [-0.05, 0) is 42.7 Å². The van der Waals surface area contributed by atoms with E-state index in [4.69, 9.17) is 0 Å². The van der Waals surface area contributed by atoms with Crippen LogP contribution in [-0.2, 0) is 14.4 Å². The van der Waals surface area contributed by atoms with Crippen molar-refractivity contribution in [3.63, 3.8) is 0 Å². The number of β-amino-alcohol motifs (C(OH)–C–C–N with tert-alkyl or cyclic N) is 1. The zero-order valence-corrected chi connectivity index (χ0v) is 23.7. The minimum absolute atomic E-state index is 0.0576. The summed E-state index contributed by atoms with van der Waals surface area (Å²) in [6.07, 6.45) is 0.0687. The number of thiazole rings is 1. The van der Waals surface area contributed by atoms with Crippen molar-refractivity contribution in [1.29, 1.82) is 0 Å². The van der Waals surface area contributed by atoms with Crippen molar-refractivity contribution in [1.82, 2.24) is 20.5 Å². The number of benzene rings is 1. The van der Waals surface area contributed by atoms with Gasteiger partial charge in [0, 0.05) is 19.9 Å². The van der Waals surface area contributed by atoms with Crippen molar-refractivity contribution in [2.24, 2.45) is 11.3 Å². The summed E-state index contributed by atoms with van der Waals surface area (Å²) in [6.45, 7) is 13.4. The Morgan fingerprint density at radius 3 is 2.35 bits per heavy atom. The molecule has 1 aromatic carbocycles. The van der Waals surface area contributed by atoms with Crippen LogP contribution in [0.3, 0.4) is 0 Å². The second kappa shape index (κ2) is 11.7. The third kappa shape index (κ3) is 6.96. The van der Waals surface area contributed by atoms with Crippen molar-refractivity contribution < 1.29 is 19.5 Å². The number of carbonyl (C=O) groups excluding carboxylic acids is 3. The summed E-state index contributed by atoms with van der Waals surface area (Å²) >= 11 is 1.59. The zero-order chi connectivity index (χ0) is 27.5. The van der Waals surface area contributed by atoms with Crippen molar-refractivity contribution in [3.8, 4) is 10.4 Å². The molecule has 1 aromatic heterocycles. The van der Waals surface area contributed by atoms with E-state index in [0.717, 1.165) is 21.7 Å². The van der Waals surface area contributed by atoms with Gasteiger partial charge in [0.1, 0.15) is 12.1 Å². The van der Waals surface area contributed by atoms with E-state index in [9.17, 15) is 19.5 Å². The average molecular weight is 529 g/mol. The summed E-state index contributed by atoms with van der Waals surface area (Å²) in [5, 5.41) is 16.2. The molecule has 0 saturated carbocycles. The Labute approximate surface area is 223 Å². The molecule has 1 saturated heterocycles. The zero-order valence-electron chi connectivity index (χ0n) is 22.9. The van der Waals surface area contributed by atoms with Gasteiger partial charge < -0.3 is 20.6 Å². The van der Waals surface area contributed by atoms with Crippen molar-refractivity contribution in [3.05, 3.63) is 41.0 Å². The number of aliphatic hydroxyl groups excluding tert-OH is 1. The van der Waals surface area contributed by atoms with E-state index in [1.165, 1.54) is 11.8 Å². The average Bonchev–Trinajstić information content (AvgIpc) is 3.41. The number of aryl methyl sites for hydroxylation is 1. The topological polar surface area (TPSA) is 112 Å². The highest BCUT2D eigenvalue weighted by atomic mass is 32.1. The van der Waals surface area contributed by atoms with Gasteiger partial charge in [0.25, 0.3) is 0 Å². The lowest BCUT2D eigenvalue weighted by Crippen LogP contribution is -2.58. The number of amides is 3.